The van der Waals surface area contributed by atoms with E-state index >= 15 is 0 Å². The number of carbonyl (C=O) groups is 1. The molecule has 140 valence electrons. The Morgan fingerprint density at radius 2 is 1.92 bits per heavy atom. The second kappa shape index (κ2) is 7.92. The van der Waals surface area contributed by atoms with Gasteiger partial charge in [0.15, 0.2) is 5.76 Å². The highest BCUT2D eigenvalue weighted by molar-refractivity contribution is 7.89. The van der Waals surface area contributed by atoms with Gasteiger partial charge in [-0.05, 0) is 56.2 Å². The molecule has 0 radical (unpaired) electrons. The molecule has 0 bridgehead atoms. The number of nitrogens with zero attached hydrogens (tertiary/aromatic N) is 1. The molecule has 0 saturated carbocycles. The molecule has 1 N–H and O–H groups in total. The highest BCUT2D eigenvalue weighted by Crippen LogP contribution is 2.23. The van der Waals surface area contributed by atoms with Crippen molar-refractivity contribution >= 4 is 15.9 Å². The van der Waals surface area contributed by atoms with E-state index in [-0.39, 0.29) is 22.6 Å². The molecule has 26 heavy (non-hydrogen) atoms. The molecule has 1 saturated heterocycles. The highest BCUT2D eigenvalue weighted by Gasteiger charge is 2.30. The lowest BCUT2D eigenvalue weighted by molar-refractivity contribution is 0.0895. The van der Waals surface area contributed by atoms with Crippen LogP contribution in [-0.4, -0.2) is 44.4 Å². The largest absolute Gasteiger partial charge is 0.494 e. The summed E-state index contributed by atoms with van der Waals surface area (Å²) in [5.74, 6) is 0.628. The average molecular weight is 378 g/mol. The van der Waals surface area contributed by atoms with Crippen LogP contribution in [0.2, 0.25) is 0 Å². The zero-order valence-electron chi connectivity index (χ0n) is 14.6. The minimum atomic E-state index is -3.54. The standard InChI is InChI=1S/C18H22N2O5S/c1-2-24-15-5-7-16(8-6-15)26(22,23)20-11-9-14(10-12-20)19-18(21)17-4-3-13-25-17/h3-8,13-14H,2,9-12H2,1H3,(H,19,21). The van der Waals surface area contributed by atoms with Gasteiger partial charge in [0.2, 0.25) is 10.0 Å². The van der Waals surface area contributed by atoms with Gasteiger partial charge in [-0.15, -0.1) is 0 Å². The lowest BCUT2D eigenvalue weighted by Crippen LogP contribution is -2.46. The molecule has 7 nitrogen and oxygen atoms in total. The van der Waals surface area contributed by atoms with Crippen LogP contribution in [0.4, 0.5) is 0 Å². The summed E-state index contributed by atoms with van der Waals surface area (Å²) in [6.07, 6.45) is 2.56. The van der Waals surface area contributed by atoms with Gasteiger partial charge in [0.05, 0.1) is 17.8 Å². The van der Waals surface area contributed by atoms with Crippen LogP contribution in [0.25, 0.3) is 0 Å². The van der Waals surface area contributed by atoms with Gasteiger partial charge in [0.25, 0.3) is 5.91 Å². The van der Waals surface area contributed by atoms with E-state index in [4.69, 9.17) is 9.15 Å². The molecule has 2 aromatic rings. The minimum Gasteiger partial charge on any atom is -0.494 e. The lowest BCUT2D eigenvalue weighted by atomic mass is 10.1. The van der Waals surface area contributed by atoms with Crippen molar-refractivity contribution in [3.8, 4) is 5.75 Å². The first-order chi connectivity index (χ1) is 12.5. The van der Waals surface area contributed by atoms with Gasteiger partial charge in [-0.1, -0.05) is 0 Å². The maximum absolute atomic E-state index is 12.8. The summed E-state index contributed by atoms with van der Waals surface area (Å²) < 4.78 is 37.4. The van der Waals surface area contributed by atoms with E-state index < -0.39 is 10.0 Å². The Morgan fingerprint density at radius 3 is 2.50 bits per heavy atom. The van der Waals surface area contributed by atoms with E-state index in [0.717, 1.165) is 0 Å². The molecule has 0 atom stereocenters. The number of amides is 1. The molecule has 3 rings (SSSR count). The predicted molar refractivity (Wildman–Crippen MR) is 95.6 cm³/mol. The SMILES string of the molecule is CCOc1ccc(S(=O)(=O)N2CCC(NC(=O)c3ccco3)CC2)cc1. The average Bonchev–Trinajstić information content (AvgIpc) is 3.18. The fraction of sp³-hybridized carbons (Fsp3) is 0.389. The van der Waals surface area contributed by atoms with E-state index in [2.05, 4.69) is 5.32 Å². The van der Waals surface area contributed by atoms with E-state index in [1.165, 1.54) is 10.6 Å². The van der Waals surface area contributed by atoms with Crippen LogP contribution in [0.15, 0.2) is 52.0 Å². The quantitative estimate of drug-likeness (QED) is 0.833. The summed E-state index contributed by atoms with van der Waals surface area (Å²) in [7, 11) is -3.54. The first kappa shape index (κ1) is 18.5. The number of carbonyl (C=O) groups excluding carboxylic acids is 1. The van der Waals surface area contributed by atoms with Crippen molar-refractivity contribution in [2.45, 2.75) is 30.7 Å². The van der Waals surface area contributed by atoms with Crippen molar-refractivity contribution in [2.75, 3.05) is 19.7 Å². The Labute approximate surface area is 153 Å². The molecule has 2 heterocycles. The highest BCUT2D eigenvalue weighted by atomic mass is 32.2. The van der Waals surface area contributed by atoms with Gasteiger partial charge in [0.1, 0.15) is 5.75 Å². The maximum atomic E-state index is 12.8. The molecule has 1 fully saturated rings. The van der Waals surface area contributed by atoms with E-state index in [1.807, 2.05) is 6.92 Å². The molecule has 0 spiro atoms. The Morgan fingerprint density at radius 1 is 1.23 bits per heavy atom. The van der Waals surface area contributed by atoms with Crippen LogP contribution in [0.3, 0.4) is 0 Å². The first-order valence-electron chi connectivity index (χ1n) is 8.58. The van der Waals surface area contributed by atoms with Crippen LogP contribution in [0.5, 0.6) is 5.75 Å². The molecule has 1 aromatic carbocycles. The Kier molecular flexibility index (Phi) is 5.63. The summed E-state index contributed by atoms with van der Waals surface area (Å²) in [5, 5.41) is 2.88. The summed E-state index contributed by atoms with van der Waals surface area (Å²) in [4.78, 5) is 12.3. The Balaban J connectivity index is 1.58. The summed E-state index contributed by atoms with van der Waals surface area (Å²) >= 11 is 0. The second-order valence-electron chi connectivity index (χ2n) is 6.03. The zero-order valence-corrected chi connectivity index (χ0v) is 15.4. The molecule has 0 aliphatic carbocycles. The van der Waals surface area contributed by atoms with Crippen molar-refractivity contribution in [3.05, 3.63) is 48.4 Å². The predicted octanol–water partition coefficient (Wildman–Crippen LogP) is 2.26. The molecule has 1 aromatic heterocycles. The Bertz CT molecular complexity index is 823. The topological polar surface area (TPSA) is 88.9 Å². The summed E-state index contributed by atoms with van der Waals surface area (Å²) in [6.45, 7) is 3.13. The first-order valence-corrected chi connectivity index (χ1v) is 10.0. The van der Waals surface area contributed by atoms with Gasteiger partial charge in [-0.25, -0.2) is 8.42 Å². The molecule has 0 unspecified atom stereocenters. The number of sulfonamides is 1. The molecule has 1 amide bonds. The number of hydrogen-bond acceptors (Lipinski definition) is 5. The maximum Gasteiger partial charge on any atom is 0.287 e. The van der Waals surface area contributed by atoms with E-state index in [0.29, 0.717) is 38.3 Å². The number of ether oxygens (including phenoxy) is 1. The third kappa shape index (κ3) is 4.08. The van der Waals surface area contributed by atoms with Crippen LogP contribution in [-0.2, 0) is 10.0 Å². The third-order valence-corrected chi connectivity index (χ3v) is 6.22. The normalized spacial score (nSPS) is 16.3. The fourth-order valence-corrected chi connectivity index (χ4v) is 4.40. The van der Waals surface area contributed by atoms with Crippen molar-refractivity contribution < 1.29 is 22.4 Å². The summed E-state index contributed by atoms with van der Waals surface area (Å²) in [5.41, 5.74) is 0. The van der Waals surface area contributed by atoms with Crippen LogP contribution >= 0.6 is 0 Å². The molecular weight excluding hydrogens is 356 g/mol. The van der Waals surface area contributed by atoms with Crippen LogP contribution in [0.1, 0.15) is 30.3 Å². The molecule has 1 aliphatic rings. The van der Waals surface area contributed by atoms with Gasteiger partial charge in [-0.3, -0.25) is 4.79 Å². The minimum absolute atomic E-state index is 0.0700. The van der Waals surface area contributed by atoms with E-state index in [1.54, 1.807) is 36.4 Å². The number of benzene rings is 1. The van der Waals surface area contributed by atoms with E-state index in [9.17, 15) is 13.2 Å². The summed E-state index contributed by atoms with van der Waals surface area (Å²) in [6, 6.07) is 9.62. The molecule has 1 aliphatic heterocycles. The number of furan rings is 1. The van der Waals surface area contributed by atoms with Gasteiger partial charge in [0, 0.05) is 19.1 Å². The number of nitrogens with one attached hydrogen (secondary N) is 1. The smallest absolute Gasteiger partial charge is 0.287 e. The van der Waals surface area contributed by atoms with Crippen LogP contribution < -0.4 is 10.1 Å². The monoisotopic (exact) mass is 378 g/mol. The number of piperidine rings is 1. The van der Waals surface area contributed by atoms with Gasteiger partial charge < -0.3 is 14.5 Å². The molecule has 8 heteroatoms. The van der Waals surface area contributed by atoms with Gasteiger partial charge in [-0.2, -0.15) is 4.31 Å². The number of hydrogen-bond donors (Lipinski definition) is 1. The van der Waals surface area contributed by atoms with Crippen molar-refractivity contribution in [1.82, 2.24) is 9.62 Å². The second-order valence-corrected chi connectivity index (χ2v) is 7.97. The van der Waals surface area contributed by atoms with Gasteiger partial charge >= 0.3 is 0 Å². The van der Waals surface area contributed by atoms with Crippen LogP contribution in [0, 0.1) is 0 Å². The van der Waals surface area contributed by atoms with Crippen molar-refractivity contribution in [3.63, 3.8) is 0 Å². The third-order valence-electron chi connectivity index (χ3n) is 4.31. The lowest BCUT2D eigenvalue weighted by Gasteiger charge is -2.31. The Hall–Kier alpha value is -2.32. The zero-order chi connectivity index (χ0) is 18.6. The fourth-order valence-electron chi connectivity index (χ4n) is 2.93. The number of rotatable bonds is 6. The van der Waals surface area contributed by atoms with Crippen molar-refractivity contribution in [1.29, 1.82) is 0 Å². The molecular formula is C18H22N2O5S. The van der Waals surface area contributed by atoms with Crippen molar-refractivity contribution in [2.24, 2.45) is 0 Å².